The highest BCUT2D eigenvalue weighted by molar-refractivity contribution is 6.30. The van der Waals surface area contributed by atoms with Crippen LogP contribution in [0.2, 0.25) is 5.02 Å². The molecule has 0 N–H and O–H groups in total. The van der Waals surface area contributed by atoms with E-state index in [1.165, 1.54) is 0 Å². The number of carbonyl (C=O) groups excluding carboxylic acids is 1. The number of nitrogens with zero attached hydrogens (tertiary/aromatic N) is 3. The lowest BCUT2D eigenvalue weighted by Crippen LogP contribution is -2.43. The van der Waals surface area contributed by atoms with Crippen molar-refractivity contribution in [1.29, 1.82) is 0 Å². The zero-order chi connectivity index (χ0) is 21.5. The average molecular weight is 426 g/mol. The zero-order valence-electron chi connectivity index (χ0n) is 17.3. The van der Waals surface area contributed by atoms with Crippen molar-refractivity contribution in [2.75, 3.05) is 6.54 Å². The van der Waals surface area contributed by atoms with Crippen molar-refractivity contribution in [1.82, 2.24) is 14.5 Å². The predicted molar refractivity (Wildman–Crippen MR) is 117 cm³/mol. The van der Waals surface area contributed by atoms with Crippen LogP contribution >= 0.6 is 11.6 Å². The van der Waals surface area contributed by atoms with Gasteiger partial charge < -0.3 is 9.64 Å². The molecule has 2 aromatic heterocycles. The number of ether oxygens (including phenoxy) is 1. The average Bonchev–Trinajstić information content (AvgIpc) is 2.69. The summed E-state index contributed by atoms with van der Waals surface area (Å²) in [5, 5.41) is 1.56. The molecule has 1 aromatic carbocycles. The Morgan fingerprint density at radius 2 is 2.00 bits per heavy atom. The number of benzene rings is 1. The highest BCUT2D eigenvalue weighted by Gasteiger charge is 2.29. The molecular formula is C23H24ClN3O3. The van der Waals surface area contributed by atoms with Gasteiger partial charge in [-0.25, -0.2) is 9.78 Å². The van der Waals surface area contributed by atoms with Crippen LogP contribution in [0.4, 0.5) is 4.79 Å². The maximum Gasteiger partial charge on any atom is 0.410 e. The smallest absolute Gasteiger partial charge is 0.410 e. The van der Waals surface area contributed by atoms with E-state index in [-0.39, 0.29) is 12.1 Å². The summed E-state index contributed by atoms with van der Waals surface area (Å²) in [5.41, 5.74) is 2.42. The molecule has 0 radical (unpaired) electrons. The van der Waals surface area contributed by atoms with E-state index in [0.29, 0.717) is 35.7 Å². The molecule has 1 amide bonds. The van der Waals surface area contributed by atoms with Crippen molar-refractivity contribution in [2.24, 2.45) is 0 Å². The van der Waals surface area contributed by atoms with Gasteiger partial charge in [-0.05, 0) is 62.6 Å². The lowest BCUT2D eigenvalue weighted by atomic mass is 9.97. The van der Waals surface area contributed by atoms with E-state index >= 15 is 0 Å². The molecule has 3 heterocycles. The van der Waals surface area contributed by atoms with Gasteiger partial charge in [0.15, 0.2) is 0 Å². The minimum atomic E-state index is -0.586. The molecule has 6 nitrogen and oxygen atoms in total. The third-order valence-corrected chi connectivity index (χ3v) is 5.33. The van der Waals surface area contributed by atoms with Crippen molar-refractivity contribution in [2.45, 2.75) is 45.9 Å². The molecule has 3 aromatic rings. The number of carbonyl (C=O) groups is 1. The summed E-state index contributed by atoms with van der Waals surface area (Å²) in [6.45, 7) is 6.58. The molecule has 1 aliphatic heterocycles. The Labute approximate surface area is 180 Å². The van der Waals surface area contributed by atoms with Gasteiger partial charge >= 0.3 is 6.09 Å². The van der Waals surface area contributed by atoms with Gasteiger partial charge in [0.05, 0.1) is 13.1 Å². The van der Waals surface area contributed by atoms with Gasteiger partial charge in [0.25, 0.3) is 5.56 Å². The first-order valence-corrected chi connectivity index (χ1v) is 10.3. The SMILES string of the molecule is CC(C)(C)OC(=O)N1CCc2c(c(=O)n(Cc3cccc(Cl)c3)c3ncccc23)C1. The highest BCUT2D eigenvalue weighted by atomic mass is 35.5. The van der Waals surface area contributed by atoms with E-state index in [1.807, 2.05) is 51.1 Å². The van der Waals surface area contributed by atoms with Crippen LogP contribution in [0.1, 0.15) is 37.5 Å². The van der Waals surface area contributed by atoms with Crippen LogP contribution < -0.4 is 5.56 Å². The summed E-state index contributed by atoms with van der Waals surface area (Å²) < 4.78 is 7.17. The van der Waals surface area contributed by atoms with E-state index in [9.17, 15) is 9.59 Å². The second-order valence-corrected chi connectivity index (χ2v) is 8.94. The van der Waals surface area contributed by atoms with Crippen molar-refractivity contribution in [3.63, 3.8) is 0 Å². The number of aromatic nitrogens is 2. The molecular weight excluding hydrogens is 402 g/mol. The Morgan fingerprint density at radius 3 is 2.73 bits per heavy atom. The number of rotatable bonds is 2. The lowest BCUT2D eigenvalue weighted by molar-refractivity contribution is 0.0223. The fraction of sp³-hybridized carbons (Fsp3) is 0.348. The van der Waals surface area contributed by atoms with E-state index in [4.69, 9.17) is 16.3 Å². The topological polar surface area (TPSA) is 64.4 Å². The molecule has 0 atom stereocenters. The largest absolute Gasteiger partial charge is 0.444 e. The van der Waals surface area contributed by atoms with Crippen molar-refractivity contribution >= 4 is 28.7 Å². The van der Waals surface area contributed by atoms with Crippen molar-refractivity contribution in [3.8, 4) is 0 Å². The summed E-state index contributed by atoms with van der Waals surface area (Å²) in [7, 11) is 0. The normalized spacial score (nSPS) is 13.9. The maximum absolute atomic E-state index is 13.5. The highest BCUT2D eigenvalue weighted by Crippen LogP contribution is 2.26. The van der Waals surface area contributed by atoms with Crippen LogP contribution in [0.5, 0.6) is 0 Å². The van der Waals surface area contributed by atoms with Crippen LogP contribution in [-0.2, 0) is 24.2 Å². The monoisotopic (exact) mass is 425 g/mol. The first kappa shape index (κ1) is 20.4. The first-order chi connectivity index (χ1) is 14.2. The fourth-order valence-corrected chi connectivity index (χ4v) is 4.02. The van der Waals surface area contributed by atoms with Gasteiger partial charge in [-0.3, -0.25) is 9.36 Å². The number of fused-ring (bicyclic) bond motifs is 3. The third kappa shape index (κ3) is 4.05. The van der Waals surface area contributed by atoms with Crippen LogP contribution in [0, 0.1) is 0 Å². The van der Waals surface area contributed by atoms with Gasteiger partial charge in [-0.2, -0.15) is 0 Å². The maximum atomic E-state index is 13.5. The van der Waals surface area contributed by atoms with E-state index in [2.05, 4.69) is 4.98 Å². The third-order valence-electron chi connectivity index (χ3n) is 5.10. The van der Waals surface area contributed by atoms with Crippen LogP contribution in [-0.4, -0.2) is 32.7 Å². The summed E-state index contributed by atoms with van der Waals surface area (Å²) in [6, 6.07) is 11.3. The molecule has 0 aliphatic carbocycles. The first-order valence-electron chi connectivity index (χ1n) is 9.94. The number of pyridine rings is 2. The van der Waals surface area contributed by atoms with Crippen LogP contribution in [0.3, 0.4) is 0 Å². The fourth-order valence-electron chi connectivity index (χ4n) is 3.81. The Bertz CT molecular complexity index is 1180. The Kier molecular flexibility index (Phi) is 5.28. The van der Waals surface area contributed by atoms with E-state index in [0.717, 1.165) is 16.5 Å². The lowest BCUT2D eigenvalue weighted by Gasteiger charge is -2.31. The summed E-state index contributed by atoms with van der Waals surface area (Å²) in [4.78, 5) is 32.2. The molecule has 156 valence electrons. The summed E-state index contributed by atoms with van der Waals surface area (Å²) >= 11 is 6.13. The number of hydrogen-bond donors (Lipinski definition) is 0. The molecule has 7 heteroatoms. The molecule has 0 saturated carbocycles. The molecule has 1 aliphatic rings. The number of hydrogen-bond acceptors (Lipinski definition) is 4. The van der Waals surface area contributed by atoms with Gasteiger partial charge in [0.2, 0.25) is 0 Å². The Morgan fingerprint density at radius 1 is 1.20 bits per heavy atom. The minimum absolute atomic E-state index is 0.135. The standard InChI is InChI=1S/C23H24ClN3O3/c1-23(2,3)30-22(29)26-11-9-17-18-8-5-10-25-20(18)27(21(28)19(17)14-26)13-15-6-4-7-16(24)12-15/h4-8,10,12H,9,11,13-14H2,1-3H3. The second kappa shape index (κ2) is 7.76. The second-order valence-electron chi connectivity index (χ2n) is 8.50. The molecule has 0 unspecified atom stereocenters. The number of amides is 1. The van der Waals surface area contributed by atoms with Gasteiger partial charge in [-0.1, -0.05) is 23.7 Å². The number of halogens is 1. The quantitative estimate of drug-likeness (QED) is 0.610. The molecule has 0 bridgehead atoms. The summed E-state index contributed by atoms with van der Waals surface area (Å²) in [5.74, 6) is 0. The molecule has 0 saturated heterocycles. The van der Waals surface area contributed by atoms with Gasteiger partial charge in [-0.15, -0.1) is 0 Å². The van der Waals surface area contributed by atoms with E-state index in [1.54, 1.807) is 21.7 Å². The predicted octanol–water partition coefficient (Wildman–Crippen LogP) is 4.39. The van der Waals surface area contributed by atoms with E-state index < -0.39 is 11.7 Å². The van der Waals surface area contributed by atoms with Crippen molar-refractivity contribution < 1.29 is 9.53 Å². The zero-order valence-corrected chi connectivity index (χ0v) is 18.1. The van der Waals surface area contributed by atoms with Crippen molar-refractivity contribution in [3.05, 3.63) is 74.7 Å². The molecule has 4 rings (SSSR count). The molecule has 30 heavy (non-hydrogen) atoms. The Hall–Kier alpha value is -2.86. The van der Waals surface area contributed by atoms with Crippen LogP contribution in [0.25, 0.3) is 11.0 Å². The van der Waals surface area contributed by atoms with Gasteiger partial charge in [0.1, 0.15) is 11.2 Å². The molecule has 0 spiro atoms. The van der Waals surface area contributed by atoms with Crippen LogP contribution in [0.15, 0.2) is 47.4 Å². The summed E-state index contributed by atoms with van der Waals surface area (Å²) in [6.07, 6.45) is 1.88. The Balaban J connectivity index is 1.78. The van der Waals surface area contributed by atoms with Gasteiger partial charge in [0, 0.05) is 28.7 Å². The molecule has 0 fully saturated rings. The minimum Gasteiger partial charge on any atom is -0.444 e.